The normalized spacial score (nSPS) is 12.1. The second kappa shape index (κ2) is 9.55. The first-order valence-electron chi connectivity index (χ1n) is 10.7. The van der Waals surface area contributed by atoms with E-state index < -0.39 is 6.04 Å². The number of amides is 1. The van der Waals surface area contributed by atoms with E-state index in [1.807, 2.05) is 73.0 Å². The lowest BCUT2D eigenvalue weighted by Crippen LogP contribution is -2.37. The summed E-state index contributed by atoms with van der Waals surface area (Å²) in [4.78, 5) is 18.5. The van der Waals surface area contributed by atoms with Gasteiger partial charge in [-0.1, -0.05) is 41.9 Å². The number of carbonyl (C=O) groups is 1. The molecule has 33 heavy (non-hydrogen) atoms. The number of ether oxygens (including phenoxy) is 2. The number of methoxy groups -OCH3 is 2. The van der Waals surface area contributed by atoms with Gasteiger partial charge in [0.2, 0.25) is 5.91 Å². The third-order valence-electron chi connectivity index (χ3n) is 5.36. The minimum absolute atomic E-state index is 0.0307. The van der Waals surface area contributed by atoms with Gasteiger partial charge in [0, 0.05) is 11.1 Å². The van der Waals surface area contributed by atoms with Crippen molar-refractivity contribution < 1.29 is 14.3 Å². The summed E-state index contributed by atoms with van der Waals surface area (Å²) >= 11 is 6.15. The van der Waals surface area contributed by atoms with Gasteiger partial charge in [0.1, 0.15) is 11.9 Å². The maximum Gasteiger partial charge on any atom is 0.247 e. The molecule has 0 spiro atoms. The number of nitrogens with one attached hydrogen (secondary N) is 1. The van der Waals surface area contributed by atoms with Crippen molar-refractivity contribution in [1.82, 2.24) is 14.9 Å². The lowest BCUT2D eigenvalue weighted by Gasteiger charge is -2.24. The number of benzene rings is 3. The lowest BCUT2D eigenvalue weighted by molar-refractivity contribution is -0.123. The smallest absolute Gasteiger partial charge is 0.247 e. The molecule has 4 rings (SSSR count). The average molecular weight is 464 g/mol. The number of rotatable bonds is 7. The summed E-state index contributed by atoms with van der Waals surface area (Å²) in [6.07, 6.45) is 0. The van der Waals surface area contributed by atoms with Crippen LogP contribution in [0, 0.1) is 0 Å². The van der Waals surface area contributed by atoms with Crippen LogP contribution >= 0.6 is 11.6 Å². The molecule has 170 valence electrons. The molecule has 0 aliphatic rings. The van der Waals surface area contributed by atoms with Crippen LogP contribution in [0.25, 0.3) is 22.4 Å². The van der Waals surface area contributed by atoms with Gasteiger partial charge in [-0.3, -0.25) is 4.79 Å². The zero-order valence-corrected chi connectivity index (χ0v) is 19.8. The standard InChI is InChI=1S/C26H26ClN3O3/c1-16(2)28-26(31)23(17-12-14-18(27)15-13-17)30-21-10-6-5-9-20(21)29-25(30)19-8-7-11-22(32-3)24(19)33-4/h5-16,23H,1-4H3,(H,28,31). The SMILES string of the molecule is COc1cccc(-c2nc3ccccc3n2C(C(=O)NC(C)C)c2ccc(Cl)cc2)c1OC. The maximum atomic E-state index is 13.6. The highest BCUT2D eigenvalue weighted by Gasteiger charge is 2.30. The topological polar surface area (TPSA) is 65.4 Å². The van der Waals surface area contributed by atoms with Crippen LogP contribution in [0.1, 0.15) is 25.5 Å². The van der Waals surface area contributed by atoms with Gasteiger partial charge in [-0.2, -0.15) is 0 Å². The van der Waals surface area contributed by atoms with Gasteiger partial charge in [-0.05, 0) is 55.8 Å². The summed E-state index contributed by atoms with van der Waals surface area (Å²) in [5.41, 5.74) is 3.12. The summed E-state index contributed by atoms with van der Waals surface area (Å²) in [6, 6.07) is 20.0. The highest BCUT2D eigenvalue weighted by Crippen LogP contribution is 2.40. The predicted molar refractivity (Wildman–Crippen MR) is 131 cm³/mol. The number of aromatic nitrogens is 2. The Kier molecular flexibility index (Phi) is 6.56. The molecule has 0 aliphatic carbocycles. The van der Waals surface area contributed by atoms with Gasteiger partial charge in [0.25, 0.3) is 0 Å². The first-order valence-corrected chi connectivity index (χ1v) is 11.1. The summed E-state index contributed by atoms with van der Waals surface area (Å²) < 4.78 is 13.2. The van der Waals surface area contributed by atoms with Crippen molar-refractivity contribution in [2.24, 2.45) is 0 Å². The molecule has 0 saturated carbocycles. The molecule has 0 bridgehead atoms. The molecule has 1 unspecified atom stereocenters. The molecule has 7 heteroatoms. The van der Waals surface area contributed by atoms with Gasteiger partial charge in [-0.15, -0.1) is 0 Å². The van der Waals surface area contributed by atoms with E-state index in [-0.39, 0.29) is 11.9 Å². The second-order valence-corrected chi connectivity index (χ2v) is 8.39. The largest absolute Gasteiger partial charge is 0.493 e. The maximum absolute atomic E-state index is 13.6. The third kappa shape index (κ3) is 4.39. The van der Waals surface area contributed by atoms with Crippen LogP contribution in [0.4, 0.5) is 0 Å². The first kappa shape index (κ1) is 22.7. The van der Waals surface area contributed by atoms with Crippen molar-refractivity contribution in [3.8, 4) is 22.9 Å². The molecular formula is C26H26ClN3O3. The van der Waals surface area contributed by atoms with E-state index in [0.717, 1.165) is 22.2 Å². The van der Waals surface area contributed by atoms with E-state index in [9.17, 15) is 4.79 Å². The molecule has 1 N–H and O–H groups in total. The van der Waals surface area contributed by atoms with Gasteiger partial charge >= 0.3 is 0 Å². The third-order valence-corrected chi connectivity index (χ3v) is 5.61. The molecule has 4 aromatic rings. The van der Waals surface area contributed by atoms with Crippen molar-refractivity contribution >= 4 is 28.5 Å². The summed E-state index contributed by atoms with van der Waals surface area (Å²) in [5.74, 6) is 1.60. The Balaban J connectivity index is 2.04. The number of nitrogens with zero attached hydrogens (tertiary/aromatic N) is 2. The van der Waals surface area contributed by atoms with Crippen LogP contribution < -0.4 is 14.8 Å². The Bertz CT molecular complexity index is 1280. The van der Waals surface area contributed by atoms with Gasteiger partial charge in [0.15, 0.2) is 11.5 Å². The van der Waals surface area contributed by atoms with E-state index in [0.29, 0.717) is 22.3 Å². The molecule has 1 atom stereocenters. The lowest BCUT2D eigenvalue weighted by atomic mass is 10.0. The van der Waals surface area contributed by atoms with Crippen LogP contribution in [-0.4, -0.2) is 35.7 Å². The van der Waals surface area contributed by atoms with Gasteiger partial charge in [-0.25, -0.2) is 4.98 Å². The molecule has 1 amide bonds. The Morgan fingerprint density at radius 1 is 0.970 bits per heavy atom. The van der Waals surface area contributed by atoms with Crippen molar-refractivity contribution in [2.45, 2.75) is 25.9 Å². The number of hydrogen-bond acceptors (Lipinski definition) is 4. The second-order valence-electron chi connectivity index (χ2n) is 7.95. The molecule has 0 aliphatic heterocycles. The van der Waals surface area contributed by atoms with Crippen LogP contribution in [0.3, 0.4) is 0 Å². The zero-order chi connectivity index (χ0) is 23.5. The average Bonchev–Trinajstić information content (AvgIpc) is 3.18. The van der Waals surface area contributed by atoms with Gasteiger partial charge < -0.3 is 19.4 Å². The van der Waals surface area contributed by atoms with E-state index in [1.165, 1.54) is 0 Å². The number of fused-ring (bicyclic) bond motifs is 1. The van der Waals surface area contributed by atoms with Crippen LogP contribution in [0.5, 0.6) is 11.5 Å². The summed E-state index contributed by atoms with van der Waals surface area (Å²) in [7, 11) is 3.19. The predicted octanol–water partition coefficient (Wildman–Crippen LogP) is 5.49. The molecule has 0 fully saturated rings. The minimum Gasteiger partial charge on any atom is -0.493 e. The van der Waals surface area contributed by atoms with Gasteiger partial charge in [0.05, 0.1) is 30.8 Å². The monoisotopic (exact) mass is 463 g/mol. The molecule has 1 heterocycles. The van der Waals surface area contributed by atoms with E-state index in [4.69, 9.17) is 26.1 Å². The van der Waals surface area contributed by atoms with Crippen molar-refractivity contribution in [3.05, 3.63) is 77.3 Å². The van der Waals surface area contributed by atoms with Crippen molar-refractivity contribution in [1.29, 1.82) is 0 Å². The van der Waals surface area contributed by atoms with E-state index in [2.05, 4.69) is 5.32 Å². The van der Waals surface area contributed by atoms with Crippen molar-refractivity contribution in [2.75, 3.05) is 14.2 Å². The fourth-order valence-electron chi connectivity index (χ4n) is 3.99. The Morgan fingerprint density at radius 3 is 2.36 bits per heavy atom. The summed E-state index contributed by atoms with van der Waals surface area (Å²) in [6.45, 7) is 3.88. The minimum atomic E-state index is -0.678. The highest BCUT2D eigenvalue weighted by molar-refractivity contribution is 6.30. The molecule has 6 nitrogen and oxygen atoms in total. The number of para-hydroxylation sites is 3. The van der Waals surface area contributed by atoms with Crippen LogP contribution in [0.15, 0.2) is 66.7 Å². The zero-order valence-electron chi connectivity index (χ0n) is 19.0. The van der Waals surface area contributed by atoms with Crippen molar-refractivity contribution in [3.63, 3.8) is 0 Å². The quantitative estimate of drug-likeness (QED) is 0.393. The number of carbonyl (C=O) groups excluding carboxylic acids is 1. The highest BCUT2D eigenvalue weighted by atomic mass is 35.5. The fourth-order valence-corrected chi connectivity index (χ4v) is 4.11. The van der Waals surface area contributed by atoms with E-state index >= 15 is 0 Å². The Labute approximate surface area is 198 Å². The molecule has 0 saturated heterocycles. The summed E-state index contributed by atoms with van der Waals surface area (Å²) in [5, 5.41) is 3.67. The van der Waals surface area contributed by atoms with Crippen LogP contribution in [-0.2, 0) is 4.79 Å². The molecule has 1 aromatic heterocycles. The number of hydrogen-bond donors (Lipinski definition) is 1. The van der Waals surface area contributed by atoms with E-state index in [1.54, 1.807) is 26.4 Å². The Hall–Kier alpha value is -3.51. The fraction of sp³-hybridized carbons (Fsp3) is 0.231. The molecule has 0 radical (unpaired) electrons. The molecule has 3 aromatic carbocycles. The Morgan fingerprint density at radius 2 is 1.70 bits per heavy atom. The molecular weight excluding hydrogens is 438 g/mol. The first-order chi connectivity index (χ1) is 15.9. The van der Waals surface area contributed by atoms with Crippen LogP contribution in [0.2, 0.25) is 5.02 Å². The number of halogens is 1. The number of imidazole rings is 1.